The minimum atomic E-state index is 0. The van der Waals surface area contributed by atoms with Crippen LogP contribution in [-0.2, 0) is 4.79 Å². The predicted molar refractivity (Wildman–Crippen MR) is 89.8 cm³/mol. The minimum absolute atomic E-state index is 0. The first kappa shape index (κ1) is 18.0. The lowest BCUT2D eigenvalue weighted by Gasteiger charge is -2.17. The predicted octanol–water partition coefficient (Wildman–Crippen LogP) is 3.15. The van der Waals surface area contributed by atoms with Crippen LogP contribution in [-0.4, -0.2) is 18.5 Å². The number of nitrogens with two attached hydrogens (primary N) is 1. The molecule has 118 valence electrons. The first-order valence-electron chi connectivity index (χ1n) is 7.65. The van der Waals surface area contributed by atoms with Crippen LogP contribution in [0.2, 0.25) is 0 Å². The van der Waals surface area contributed by atoms with E-state index in [1.165, 1.54) is 17.5 Å². The lowest BCUT2D eigenvalue weighted by molar-refractivity contribution is -0.122. The van der Waals surface area contributed by atoms with E-state index in [4.69, 9.17) is 5.73 Å². The number of hydrogen-bond donors (Lipinski definition) is 2. The number of rotatable bonds is 5. The standard InChI is InChI=1S/C17H26N2O.ClH/c1-12-5-3-6-14(9-12)13(2)11-19-17(20)10-15-7-4-8-16(15)18;/h3,5-6,9,13,15-16H,4,7-8,10-11,18H2,1-2H3,(H,19,20);1H/t13?,15-,16+;/m0./s1. The van der Waals surface area contributed by atoms with E-state index in [1.54, 1.807) is 0 Å². The van der Waals surface area contributed by atoms with E-state index in [-0.39, 0.29) is 24.4 Å². The van der Waals surface area contributed by atoms with Gasteiger partial charge in [-0.2, -0.15) is 0 Å². The Balaban J connectivity index is 0.00000220. The summed E-state index contributed by atoms with van der Waals surface area (Å²) in [5, 5.41) is 3.05. The van der Waals surface area contributed by atoms with E-state index >= 15 is 0 Å². The van der Waals surface area contributed by atoms with E-state index in [0.29, 0.717) is 24.8 Å². The van der Waals surface area contributed by atoms with Crippen molar-refractivity contribution >= 4 is 18.3 Å². The number of halogens is 1. The van der Waals surface area contributed by atoms with Crippen molar-refractivity contribution in [3.8, 4) is 0 Å². The molecule has 2 rings (SSSR count). The third-order valence-electron chi connectivity index (χ3n) is 4.38. The molecule has 0 heterocycles. The molecule has 1 aliphatic carbocycles. The van der Waals surface area contributed by atoms with Crippen molar-refractivity contribution in [2.45, 2.75) is 51.5 Å². The summed E-state index contributed by atoms with van der Waals surface area (Å²) in [6, 6.07) is 8.69. The first-order chi connectivity index (χ1) is 9.56. The molecule has 1 unspecified atom stereocenters. The molecule has 0 saturated heterocycles. The van der Waals surface area contributed by atoms with Crippen LogP contribution in [0.1, 0.15) is 49.7 Å². The van der Waals surface area contributed by atoms with Gasteiger partial charge in [-0.05, 0) is 37.2 Å². The molecule has 1 fully saturated rings. The van der Waals surface area contributed by atoms with Crippen molar-refractivity contribution in [2.75, 3.05) is 6.54 Å². The van der Waals surface area contributed by atoms with E-state index in [2.05, 4.69) is 43.4 Å². The molecule has 0 aliphatic heterocycles. The van der Waals surface area contributed by atoms with E-state index in [0.717, 1.165) is 12.8 Å². The van der Waals surface area contributed by atoms with Crippen LogP contribution in [0.4, 0.5) is 0 Å². The molecule has 3 atom stereocenters. The van der Waals surface area contributed by atoms with Crippen molar-refractivity contribution in [3.63, 3.8) is 0 Å². The Hall–Kier alpha value is -1.06. The van der Waals surface area contributed by atoms with Gasteiger partial charge in [-0.1, -0.05) is 43.2 Å². The highest BCUT2D eigenvalue weighted by atomic mass is 35.5. The molecule has 0 radical (unpaired) electrons. The highest BCUT2D eigenvalue weighted by Crippen LogP contribution is 2.26. The SMILES string of the molecule is Cc1cccc(C(C)CNC(=O)C[C@@H]2CCC[C@H]2N)c1.Cl. The third kappa shape index (κ3) is 5.33. The molecule has 1 aromatic rings. The summed E-state index contributed by atoms with van der Waals surface area (Å²) in [6.45, 7) is 4.94. The Kier molecular flexibility index (Phi) is 7.20. The number of benzene rings is 1. The van der Waals surface area contributed by atoms with Gasteiger partial charge in [0, 0.05) is 19.0 Å². The molecule has 0 spiro atoms. The smallest absolute Gasteiger partial charge is 0.220 e. The Labute approximate surface area is 134 Å². The van der Waals surface area contributed by atoms with Gasteiger partial charge in [0.25, 0.3) is 0 Å². The summed E-state index contributed by atoms with van der Waals surface area (Å²) < 4.78 is 0. The van der Waals surface area contributed by atoms with Crippen LogP contribution in [0.15, 0.2) is 24.3 Å². The normalized spacial score (nSPS) is 22.4. The van der Waals surface area contributed by atoms with Crippen LogP contribution in [0.25, 0.3) is 0 Å². The van der Waals surface area contributed by atoms with Crippen LogP contribution >= 0.6 is 12.4 Å². The monoisotopic (exact) mass is 310 g/mol. The second kappa shape index (κ2) is 8.40. The lowest BCUT2D eigenvalue weighted by atomic mass is 9.98. The summed E-state index contributed by atoms with van der Waals surface area (Å²) in [5.41, 5.74) is 8.55. The summed E-state index contributed by atoms with van der Waals surface area (Å²) in [5.74, 6) is 0.868. The van der Waals surface area contributed by atoms with Gasteiger partial charge in [0.15, 0.2) is 0 Å². The van der Waals surface area contributed by atoms with Gasteiger partial charge in [0.2, 0.25) is 5.91 Å². The number of amides is 1. The van der Waals surface area contributed by atoms with E-state index in [9.17, 15) is 4.79 Å². The van der Waals surface area contributed by atoms with Crippen LogP contribution in [0.3, 0.4) is 0 Å². The molecule has 4 heteroatoms. The molecule has 3 N–H and O–H groups in total. The Morgan fingerprint density at radius 1 is 1.43 bits per heavy atom. The number of carbonyl (C=O) groups is 1. The summed E-state index contributed by atoms with van der Waals surface area (Å²) in [7, 11) is 0. The average molecular weight is 311 g/mol. The molecule has 1 aliphatic rings. The molecule has 21 heavy (non-hydrogen) atoms. The Morgan fingerprint density at radius 3 is 2.81 bits per heavy atom. The van der Waals surface area contributed by atoms with Gasteiger partial charge in [0.1, 0.15) is 0 Å². The molecule has 0 aromatic heterocycles. The molecule has 1 aromatic carbocycles. The molecule has 1 amide bonds. The molecule has 0 bridgehead atoms. The quantitative estimate of drug-likeness (QED) is 0.877. The fraction of sp³-hybridized carbons (Fsp3) is 0.588. The zero-order valence-electron chi connectivity index (χ0n) is 13.0. The van der Waals surface area contributed by atoms with E-state index in [1.807, 2.05) is 0 Å². The maximum Gasteiger partial charge on any atom is 0.220 e. The van der Waals surface area contributed by atoms with Gasteiger partial charge in [-0.25, -0.2) is 0 Å². The molecular weight excluding hydrogens is 284 g/mol. The lowest BCUT2D eigenvalue weighted by Crippen LogP contribution is -2.33. The summed E-state index contributed by atoms with van der Waals surface area (Å²) in [4.78, 5) is 12.0. The number of nitrogens with one attached hydrogen (secondary N) is 1. The first-order valence-corrected chi connectivity index (χ1v) is 7.65. The third-order valence-corrected chi connectivity index (χ3v) is 4.38. The van der Waals surface area contributed by atoms with Crippen molar-refractivity contribution in [2.24, 2.45) is 11.7 Å². The summed E-state index contributed by atoms with van der Waals surface area (Å²) in [6.07, 6.45) is 3.92. The Morgan fingerprint density at radius 2 is 2.19 bits per heavy atom. The van der Waals surface area contributed by atoms with Crippen molar-refractivity contribution in [1.29, 1.82) is 0 Å². The second-order valence-electron chi connectivity index (χ2n) is 6.18. The largest absolute Gasteiger partial charge is 0.355 e. The average Bonchev–Trinajstić information content (AvgIpc) is 2.81. The maximum absolute atomic E-state index is 12.0. The van der Waals surface area contributed by atoms with Gasteiger partial charge in [0.05, 0.1) is 0 Å². The van der Waals surface area contributed by atoms with Gasteiger partial charge >= 0.3 is 0 Å². The van der Waals surface area contributed by atoms with Gasteiger partial charge in [-0.3, -0.25) is 4.79 Å². The molecule has 3 nitrogen and oxygen atoms in total. The highest BCUT2D eigenvalue weighted by molar-refractivity contribution is 5.85. The molecule has 1 saturated carbocycles. The Bertz CT molecular complexity index is 464. The van der Waals surface area contributed by atoms with Crippen LogP contribution in [0, 0.1) is 12.8 Å². The van der Waals surface area contributed by atoms with Gasteiger partial charge in [-0.15, -0.1) is 12.4 Å². The zero-order chi connectivity index (χ0) is 14.5. The van der Waals surface area contributed by atoms with Crippen molar-refractivity contribution in [3.05, 3.63) is 35.4 Å². The fourth-order valence-electron chi connectivity index (χ4n) is 2.99. The van der Waals surface area contributed by atoms with Crippen LogP contribution in [0.5, 0.6) is 0 Å². The fourth-order valence-corrected chi connectivity index (χ4v) is 2.99. The zero-order valence-corrected chi connectivity index (χ0v) is 13.8. The number of carbonyl (C=O) groups excluding carboxylic acids is 1. The summed E-state index contributed by atoms with van der Waals surface area (Å²) >= 11 is 0. The minimum Gasteiger partial charge on any atom is -0.355 e. The number of hydrogen-bond acceptors (Lipinski definition) is 2. The maximum atomic E-state index is 12.0. The number of aryl methyl sites for hydroxylation is 1. The highest BCUT2D eigenvalue weighted by Gasteiger charge is 2.25. The van der Waals surface area contributed by atoms with E-state index < -0.39 is 0 Å². The van der Waals surface area contributed by atoms with Crippen LogP contribution < -0.4 is 11.1 Å². The van der Waals surface area contributed by atoms with Crippen molar-refractivity contribution in [1.82, 2.24) is 5.32 Å². The van der Waals surface area contributed by atoms with Gasteiger partial charge < -0.3 is 11.1 Å². The molecular formula is C17H27ClN2O. The second-order valence-corrected chi connectivity index (χ2v) is 6.18. The van der Waals surface area contributed by atoms with Crippen molar-refractivity contribution < 1.29 is 4.79 Å². The topological polar surface area (TPSA) is 55.1 Å².